The minimum absolute atomic E-state index is 0.468. The third-order valence-electron chi connectivity index (χ3n) is 4.76. The number of carbonyl (C=O) groups excluding carboxylic acids is 1. The Morgan fingerprint density at radius 2 is 1.92 bits per heavy atom. The number of carbonyl (C=O) groups is 1. The lowest BCUT2D eigenvalue weighted by Crippen LogP contribution is -2.53. The molecule has 25 heavy (non-hydrogen) atoms. The van der Waals surface area contributed by atoms with Crippen molar-refractivity contribution in [2.24, 2.45) is 0 Å². The van der Waals surface area contributed by atoms with Crippen molar-refractivity contribution in [1.82, 2.24) is 9.88 Å². The van der Waals surface area contributed by atoms with E-state index in [4.69, 9.17) is 0 Å². The van der Waals surface area contributed by atoms with Crippen molar-refractivity contribution < 1.29 is 36.2 Å². The van der Waals surface area contributed by atoms with Crippen molar-refractivity contribution in [3.05, 3.63) is 29.6 Å². The standard InChI is InChI=1S/C15H14F6N2O2/c16-10(17)8-2-1-3-9(22-8)11(24)23-7-15(20,21)12(25)13(23)4-5-14(18,19)6-13/h1-3,10,12,25H,4-7H2/t12-,13-/m0/s1. The Bertz CT molecular complexity index is 698. The van der Waals surface area contributed by atoms with Crippen LogP contribution in [0.5, 0.6) is 0 Å². The molecule has 1 aromatic rings. The molecule has 1 aromatic heterocycles. The van der Waals surface area contributed by atoms with Crippen LogP contribution in [0.25, 0.3) is 0 Å². The molecule has 4 nitrogen and oxygen atoms in total. The minimum Gasteiger partial charge on any atom is -0.384 e. The van der Waals surface area contributed by atoms with E-state index in [9.17, 15) is 36.2 Å². The van der Waals surface area contributed by atoms with E-state index in [0.717, 1.165) is 18.2 Å². The van der Waals surface area contributed by atoms with Gasteiger partial charge >= 0.3 is 0 Å². The second-order valence-electron chi connectivity index (χ2n) is 6.44. The largest absolute Gasteiger partial charge is 0.384 e. The number of hydrogen-bond acceptors (Lipinski definition) is 3. The van der Waals surface area contributed by atoms with Crippen LogP contribution >= 0.6 is 0 Å². The van der Waals surface area contributed by atoms with Crippen molar-refractivity contribution in [2.75, 3.05) is 6.54 Å². The van der Waals surface area contributed by atoms with Gasteiger partial charge in [-0.3, -0.25) is 4.79 Å². The van der Waals surface area contributed by atoms with Gasteiger partial charge in [-0.1, -0.05) is 6.07 Å². The summed E-state index contributed by atoms with van der Waals surface area (Å²) in [4.78, 5) is 16.5. The molecule has 0 aromatic carbocycles. The summed E-state index contributed by atoms with van der Waals surface area (Å²) < 4.78 is 80.8. The summed E-state index contributed by atoms with van der Waals surface area (Å²) in [6, 6.07) is 3.09. The maximum Gasteiger partial charge on any atom is 0.292 e. The monoisotopic (exact) mass is 368 g/mol. The van der Waals surface area contributed by atoms with E-state index >= 15 is 0 Å². The zero-order valence-electron chi connectivity index (χ0n) is 12.7. The fourth-order valence-corrected chi connectivity index (χ4v) is 3.59. The molecule has 2 aliphatic rings. The first kappa shape index (κ1) is 18.0. The molecule has 0 bridgehead atoms. The van der Waals surface area contributed by atoms with Gasteiger partial charge in [0.15, 0.2) is 0 Å². The van der Waals surface area contributed by atoms with Gasteiger partial charge in [-0.15, -0.1) is 0 Å². The molecule has 3 rings (SSSR count). The summed E-state index contributed by atoms with van der Waals surface area (Å²) in [6.07, 6.45) is -7.83. The number of pyridine rings is 1. The van der Waals surface area contributed by atoms with Crippen molar-refractivity contribution >= 4 is 5.91 Å². The zero-order valence-corrected chi connectivity index (χ0v) is 12.7. The van der Waals surface area contributed by atoms with E-state index in [1.165, 1.54) is 0 Å². The lowest BCUT2D eigenvalue weighted by molar-refractivity contribution is -0.102. The third kappa shape index (κ3) is 2.86. The Morgan fingerprint density at radius 3 is 2.48 bits per heavy atom. The molecule has 2 atom stereocenters. The Hall–Kier alpha value is -1.84. The molecule has 1 spiro atoms. The first-order valence-electron chi connectivity index (χ1n) is 7.49. The predicted octanol–water partition coefficient (Wildman–Crippen LogP) is 3.03. The Balaban J connectivity index is 1.99. The predicted molar refractivity (Wildman–Crippen MR) is 72.7 cm³/mol. The van der Waals surface area contributed by atoms with Gasteiger partial charge in [-0.25, -0.2) is 31.3 Å². The second-order valence-corrected chi connectivity index (χ2v) is 6.44. The normalized spacial score (nSPS) is 30.4. The van der Waals surface area contributed by atoms with Gasteiger partial charge in [-0.2, -0.15) is 0 Å². The van der Waals surface area contributed by atoms with E-state index in [1.54, 1.807) is 0 Å². The number of rotatable bonds is 2. The van der Waals surface area contributed by atoms with Gasteiger partial charge < -0.3 is 10.0 Å². The van der Waals surface area contributed by atoms with Crippen LogP contribution in [0.4, 0.5) is 26.3 Å². The molecular formula is C15H14F6N2O2. The van der Waals surface area contributed by atoms with Crippen LogP contribution in [0.3, 0.4) is 0 Å². The molecule has 2 heterocycles. The molecular weight excluding hydrogens is 354 g/mol. The van der Waals surface area contributed by atoms with E-state index in [2.05, 4.69) is 4.98 Å². The third-order valence-corrected chi connectivity index (χ3v) is 4.76. The second kappa shape index (κ2) is 5.58. The SMILES string of the molecule is O=C(c1cccc(C(F)F)n1)N1CC(F)(F)[C@@H](O)[C@@]12CCC(F)(F)C2. The molecule has 0 radical (unpaired) electrons. The fourth-order valence-electron chi connectivity index (χ4n) is 3.59. The molecule has 138 valence electrons. The first-order chi connectivity index (χ1) is 11.5. The average molecular weight is 368 g/mol. The molecule has 1 aliphatic carbocycles. The number of halogens is 6. The van der Waals surface area contributed by atoms with Crippen molar-refractivity contribution in [2.45, 2.75) is 49.2 Å². The van der Waals surface area contributed by atoms with Crippen molar-refractivity contribution in [3.8, 4) is 0 Å². The van der Waals surface area contributed by atoms with Crippen LogP contribution in [0.15, 0.2) is 18.2 Å². The molecule has 0 unspecified atom stereocenters. The topological polar surface area (TPSA) is 53.4 Å². The minimum atomic E-state index is -3.78. The lowest BCUT2D eigenvalue weighted by Gasteiger charge is -2.36. The molecule has 1 aliphatic heterocycles. The van der Waals surface area contributed by atoms with Crippen molar-refractivity contribution in [1.29, 1.82) is 0 Å². The molecule has 10 heteroatoms. The molecule has 1 saturated heterocycles. The first-order valence-corrected chi connectivity index (χ1v) is 7.49. The zero-order chi connectivity index (χ0) is 18.6. The van der Waals surface area contributed by atoms with Gasteiger partial charge in [0.05, 0.1) is 12.1 Å². The summed E-state index contributed by atoms with van der Waals surface area (Å²) in [5, 5.41) is 9.93. The summed E-state index contributed by atoms with van der Waals surface area (Å²) in [5.74, 6) is -8.27. The van der Waals surface area contributed by atoms with E-state index < -0.39 is 73.0 Å². The Kier molecular flexibility index (Phi) is 4.01. The highest BCUT2D eigenvalue weighted by Crippen LogP contribution is 2.54. The van der Waals surface area contributed by atoms with Crippen LogP contribution in [0.2, 0.25) is 0 Å². The number of nitrogens with zero attached hydrogens (tertiary/aromatic N) is 2. The van der Waals surface area contributed by atoms with Gasteiger partial charge in [0.2, 0.25) is 0 Å². The quantitative estimate of drug-likeness (QED) is 0.817. The molecule has 2 fully saturated rings. The number of hydrogen-bond donors (Lipinski definition) is 1. The van der Waals surface area contributed by atoms with Crippen LogP contribution in [0, 0.1) is 0 Å². The fraction of sp³-hybridized carbons (Fsp3) is 0.600. The van der Waals surface area contributed by atoms with E-state index in [0.29, 0.717) is 4.90 Å². The van der Waals surface area contributed by atoms with Crippen molar-refractivity contribution in [3.63, 3.8) is 0 Å². The summed E-state index contributed by atoms with van der Waals surface area (Å²) in [7, 11) is 0. The summed E-state index contributed by atoms with van der Waals surface area (Å²) >= 11 is 0. The highest BCUT2D eigenvalue weighted by atomic mass is 19.3. The molecule has 1 N–H and O–H groups in total. The number of amides is 1. The van der Waals surface area contributed by atoms with Crippen LogP contribution in [0.1, 0.15) is 41.9 Å². The van der Waals surface area contributed by atoms with Gasteiger partial charge in [0.1, 0.15) is 17.5 Å². The van der Waals surface area contributed by atoms with Crippen LogP contribution < -0.4 is 0 Å². The van der Waals surface area contributed by atoms with E-state index in [-0.39, 0.29) is 0 Å². The van der Waals surface area contributed by atoms with Gasteiger partial charge in [0.25, 0.3) is 24.2 Å². The summed E-state index contributed by atoms with van der Waals surface area (Å²) in [6.45, 7) is -1.27. The Labute approximate surface area is 138 Å². The maximum atomic E-state index is 14.0. The number of aliphatic hydroxyl groups is 1. The van der Waals surface area contributed by atoms with Crippen LogP contribution in [-0.2, 0) is 0 Å². The lowest BCUT2D eigenvalue weighted by atomic mass is 9.89. The highest BCUT2D eigenvalue weighted by molar-refractivity contribution is 5.93. The number of alkyl halides is 6. The maximum absolute atomic E-state index is 14.0. The average Bonchev–Trinajstić information content (AvgIpc) is 2.96. The van der Waals surface area contributed by atoms with Gasteiger partial charge in [-0.05, 0) is 18.6 Å². The highest BCUT2D eigenvalue weighted by Gasteiger charge is 2.69. The number of aromatic nitrogens is 1. The Morgan fingerprint density at radius 1 is 1.24 bits per heavy atom. The van der Waals surface area contributed by atoms with Gasteiger partial charge in [0, 0.05) is 12.8 Å². The van der Waals surface area contributed by atoms with E-state index in [1.807, 2.05) is 0 Å². The van der Waals surface area contributed by atoms with Crippen LogP contribution in [-0.4, -0.2) is 50.9 Å². The number of aliphatic hydroxyl groups excluding tert-OH is 1. The summed E-state index contributed by atoms with van der Waals surface area (Å²) in [5.41, 5.74) is -3.44. The molecule has 1 amide bonds. The number of likely N-dealkylation sites (tertiary alicyclic amines) is 1. The smallest absolute Gasteiger partial charge is 0.292 e. The molecule has 1 saturated carbocycles.